The summed E-state index contributed by atoms with van der Waals surface area (Å²) in [6.45, 7) is 7.17. The second-order valence-corrected chi connectivity index (χ2v) is 8.46. The molecule has 0 saturated carbocycles. The van der Waals surface area contributed by atoms with Gasteiger partial charge in [0.05, 0.1) is 6.26 Å². The van der Waals surface area contributed by atoms with Crippen molar-refractivity contribution in [1.29, 1.82) is 0 Å². The molecule has 0 atom stereocenters. The number of nitrogens with one attached hydrogen (secondary N) is 1. The maximum atomic E-state index is 12.2. The van der Waals surface area contributed by atoms with E-state index in [2.05, 4.69) is 10.2 Å². The number of benzene rings is 1. The first kappa shape index (κ1) is 18.9. The predicted molar refractivity (Wildman–Crippen MR) is 96.6 cm³/mol. The zero-order valence-electron chi connectivity index (χ0n) is 14.7. The molecule has 0 spiro atoms. The Labute approximate surface area is 144 Å². The van der Waals surface area contributed by atoms with Crippen molar-refractivity contribution in [2.45, 2.75) is 26.7 Å². The number of hydrogen-bond donors (Lipinski definition) is 1. The average Bonchev–Trinajstić information content (AvgIpc) is 2.74. The summed E-state index contributed by atoms with van der Waals surface area (Å²) in [5.41, 5.74) is 3.02. The van der Waals surface area contributed by atoms with Crippen molar-refractivity contribution in [2.75, 3.05) is 44.3 Å². The average molecular weight is 353 g/mol. The van der Waals surface area contributed by atoms with Gasteiger partial charge < -0.3 is 10.2 Å². The van der Waals surface area contributed by atoms with Gasteiger partial charge in [-0.25, -0.2) is 12.7 Å². The lowest BCUT2D eigenvalue weighted by Gasteiger charge is -2.20. The molecule has 1 N–H and O–H groups in total. The molecule has 1 saturated heterocycles. The zero-order valence-corrected chi connectivity index (χ0v) is 15.5. The highest BCUT2D eigenvalue weighted by Gasteiger charge is 2.21. The summed E-state index contributed by atoms with van der Waals surface area (Å²) in [5, 5.41) is 2.97. The molecule has 0 unspecified atom stereocenters. The van der Waals surface area contributed by atoms with Crippen molar-refractivity contribution in [1.82, 2.24) is 9.21 Å². The third kappa shape index (κ3) is 5.58. The van der Waals surface area contributed by atoms with E-state index < -0.39 is 10.0 Å². The van der Waals surface area contributed by atoms with Crippen LogP contribution in [0, 0.1) is 13.8 Å². The van der Waals surface area contributed by atoms with Crippen LogP contribution in [0.4, 0.5) is 5.69 Å². The SMILES string of the molecule is Cc1ccc(C)c(NC(=O)CCN2CCCN(S(C)(=O)=O)CC2)c1. The molecular weight excluding hydrogens is 326 g/mol. The Kier molecular flexibility index (Phi) is 6.37. The Balaban J connectivity index is 1.82. The third-order valence-corrected chi connectivity index (χ3v) is 5.64. The first-order chi connectivity index (χ1) is 11.3. The summed E-state index contributed by atoms with van der Waals surface area (Å²) in [6.07, 6.45) is 2.46. The van der Waals surface area contributed by atoms with Gasteiger partial charge in [-0.05, 0) is 44.0 Å². The largest absolute Gasteiger partial charge is 0.326 e. The normalized spacial score (nSPS) is 17.5. The number of nitrogens with zero attached hydrogens (tertiary/aromatic N) is 2. The summed E-state index contributed by atoms with van der Waals surface area (Å²) in [6, 6.07) is 6.00. The monoisotopic (exact) mass is 353 g/mol. The third-order valence-electron chi connectivity index (χ3n) is 4.34. The minimum Gasteiger partial charge on any atom is -0.326 e. The Hall–Kier alpha value is -1.44. The molecular formula is C17H27N3O3S. The second kappa shape index (κ2) is 8.09. The van der Waals surface area contributed by atoms with E-state index in [1.54, 1.807) is 0 Å². The van der Waals surface area contributed by atoms with Gasteiger partial charge in [0.1, 0.15) is 0 Å². The van der Waals surface area contributed by atoms with Crippen molar-refractivity contribution in [3.63, 3.8) is 0 Å². The molecule has 1 heterocycles. The van der Waals surface area contributed by atoms with E-state index in [9.17, 15) is 13.2 Å². The molecule has 2 rings (SSSR count). The van der Waals surface area contributed by atoms with E-state index in [-0.39, 0.29) is 5.91 Å². The molecule has 6 nitrogen and oxygen atoms in total. The summed E-state index contributed by atoms with van der Waals surface area (Å²) < 4.78 is 24.8. The Morgan fingerprint density at radius 1 is 1.17 bits per heavy atom. The first-order valence-corrected chi connectivity index (χ1v) is 10.1. The van der Waals surface area contributed by atoms with E-state index in [1.807, 2.05) is 32.0 Å². The van der Waals surface area contributed by atoms with E-state index in [4.69, 9.17) is 0 Å². The highest BCUT2D eigenvalue weighted by molar-refractivity contribution is 7.88. The molecule has 7 heteroatoms. The summed E-state index contributed by atoms with van der Waals surface area (Å²) in [5.74, 6) is -0.00656. The van der Waals surface area contributed by atoms with Crippen molar-refractivity contribution in [2.24, 2.45) is 0 Å². The topological polar surface area (TPSA) is 69.7 Å². The second-order valence-electron chi connectivity index (χ2n) is 6.47. The minimum atomic E-state index is -3.13. The number of anilines is 1. The number of carbonyl (C=O) groups excluding carboxylic acids is 1. The molecule has 1 aliphatic heterocycles. The van der Waals surface area contributed by atoms with Crippen LogP contribution in [0.5, 0.6) is 0 Å². The van der Waals surface area contributed by atoms with Crippen LogP contribution in [-0.4, -0.2) is 62.5 Å². The van der Waals surface area contributed by atoms with E-state index in [0.29, 0.717) is 32.6 Å². The van der Waals surface area contributed by atoms with Crippen molar-refractivity contribution >= 4 is 21.6 Å². The zero-order chi connectivity index (χ0) is 17.7. The van der Waals surface area contributed by atoms with E-state index in [0.717, 1.165) is 29.8 Å². The van der Waals surface area contributed by atoms with E-state index >= 15 is 0 Å². The fraction of sp³-hybridized carbons (Fsp3) is 0.588. The number of rotatable bonds is 5. The standard InChI is InChI=1S/C17H27N3O3S/c1-14-5-6-15(2)16(13-14)18-17(21)7-10-19-8-4-9-20(12-11-19)24(3,22)23/h5-6,13H,4,7-12H2,1-3H3,(H,18,21). The van der Waals surface area contributed by atoms with Crippen LogP contribution >= 0.6 is 0 Å². The van der Waals surface area contributed by atoms with Crippen LogP contribution in [0.1, 0.15) is 24.0 Å². The number of sulfonamides is 1. The minimum absolute atomic E-state index is 0.00656. The van der Waals surface area contributed by atoms with Gasteiger partial charge in [0, 0.05) is 38.3 Å². The molecule has 0 aliphatic carbocycles. The summed E-state index contributed by atoms with van der Waals surface area (Å²) in [4.78, 5) is 14.3. The lowest BCUT2D eigenvalue weighted by atomic mass is 10.1. The molecule has 24 heavy (non-hydrogen) atoms. The molecule has 1 amide bonds. The van der Waals surface area contributed by atoms with Crippen molar-refractivity contribution in [3.05, 3.63) is 29.3 Å². The summed E-state index contributed by atoms with van der Waals surface area (Å²) >= 11 is 0. The van der Waals surface area contributed by atoms with Crippen molar-refractivity contribution in [3.8, 4) is 0 Å². The molecule has 134 valence electrons. The molecule has 1 aromatic rings. The fourth-order valence-electron chi connectivity index (χ4n) is 2.85. The number of aryl methyl sites for hydroxylation is 2. The van der Waals surface area contributed by atoms with Crippen LogP contribution in [0.3, 0.4) is 0 Å². The number of carbonyl (C=O) groups is 1. The first-order valence-electron chi connectivity index (χ1n) is 8.30. The smallest absolute Gasteiger partial charge is 0.225 e. The number of hydrogen-bond acceptors (Lipinski definition) is 4. The van der Waals surface area contributed by atoms with Gasteiger partial charge >= 0.3 is 0 Å². The summed E-state index contributed by atoms with van der Waals surface area (Å²) in [7, 11) is -3.13. The van der Waals surface area contributed by atoms with Gasteiger partial charge in [-0.1, -0.05) is 12.1 Å². The molecule has 0 aromatic heterocycles. The van der Waals surface area contributed by atoms with E-state index in [1.165, 1.54) is 10.6 Å². The van der Waals surface area contributed by atoms with Gasteiger partial charge in [0.2, 0.25) is 15.9 Å². The lowest BCUT2D eigenvalue weighted by Crippen LogP contribution is -2.35. The maximum Gasteiger partial charge on any atom is 0.225 e. The van der Waals surface area contributed by atoms with Crippen molar-refractivity contribution < 1.29 is 13.2 Å². The van der Waals surface area contributed by atoms with Gasteiger partial charge in [-0.15, -0.1) is 0 Å². The molecule has 0 radical (unpaired) electrons. The molecule has 1 aromatic carbocycles. The van der Waals surface area contributed by atoms with Gasteiger partial charge in [-0.3, -0.25) is 4.79 Å². The maximum absolute atomic E-state index is 12.2. The van der Waals surface area contributed by atoms with Crippen LogP contribution < -0.4 is 5.32 Å². The van der Waals surface area contributed by atoms with Crippen LogP contribution in [0.15, 0.2) is 18.2 Å². The van der Waals surface area contributed by atoms with Crippen LogP contribution in [0.25, 0.3) is 0 Å². The lowest BCUT2D eigenvalue weighted by molar-refractivity contribution is -0.116. The highest BCUT2D eigenvalue weighted by Crippen LogP contribution is 2.16. The predicted octanol–water partition coefficient (Wildman–Crippen LogP) is 1.60. The Bertz CT molecular complexity index is 688. The van der Waals surface area contributed by atoms with Crippen LogP contribution in [0.2, 0.25) is 0 Å². The highest BCUT2D eigenvalue weighted by atomic mass is 32.2. The quantitative estimate of drug-likeness (QED) is 0.873. The van der Waals surface area contributed by atoms with Gasteiger partial charge in [-0.2, -0.15) is 0 Å². The Morgan fingerprint density at radius 3 is 2.62 bits per heavy atom. The number of amides is 1. The van der Waals surface area contributed by atoms with Gasteiger partial charge in [0.25, 0.3) is 0 Å². The Morgan fingerprint density at radius 2 is 1.92 bits per heavy atom. The molecule has 1 fully saturated rings. The fourth-order valence-corrected chi connectivity index (χ4v) is 3.72. The van der Waals surface area contributed by atoms with Crippen LogP contribution in [-0.2, 0) is 14.8 Å². The molecule has 1 aliphatic rings. The molecule has 0 bridgehead atoms. The van der Waals surface area contributed by atoms with Gasteiger partial charge in [0.15, 0.2) is 0 Å².